The molecule has 26 heavy (non-hydrogen) atoms. The minimum absolute atomic E-state index is 0.0168. The molecular formula is C23H26BrNO. The van der Waals surface area contributed by atoms with Crippen LogP contribution in [0.4, 0.5) is 0 Å². The first-order valence-electron chi connectivity index (χ1n) is 8.88. The smallest absolute Gasteiger partial charge is 0.251 e. The second-order valence-electron chi connectivity index (χ2n) is 6.56. The summed E-state index contributed by atoms with van der Waals surface area (Å²) < 4.78 is 1.09. The van der Waals surface area contributed by atoms with E-state index in [0.717, 1.165) is 16.5 Å². The predicted molar refractivity (Wildman–Crippen MR) is 114 cm³/mol. The summed E-state index contributed by atoms with van der Waals surface area (Å²) in [7, 11) is 0. The van der Waals surface area contributed by atoms with Crippen molar-refractivity contribution in [2.24, 2.45) is 0 Å². The summed E-state index contributed by atoms with van der Waals surface area (Å²) in [4.78, 5) is 12.0. The Labute approximate surface area is 165 Å². The van der Waals surface area contributed by atoms with Gasteiger partial charge in [0.25, 0.3) is 5.91 Å². The van der Waals surface area contributed by atoms with Crippen molar-refractivity contribution in [3.8, 4) is 0 Å². The fourth-order valence-corrected chi connectivity index (χ4v) is 3.20. The van der Waals surface area contributed by atoms with Crippen molar-refractivity contribution in [2.45, 2.75) is 34.1 Å². The lowest BCUT2D eigenvalue weighted by atomic mass is 10.00. The summed E-state index contributed by atoms with van der Waals surface area (Å²) >= 11 is 3.54. The van der Waals surface area contributed by atoms with Gasteiger partial charge in [-0.1, -0.05) is 51.9 Å². The Balaban J connectivity index is 2.14. The fraction of sp³-hybridized carbons (Fsp3) is 0.261. The van der Waals surface area contributed by atoms with Gasteiger partial charge in [-0.25, -0.2) is 0 Å². The first kappa shape index (κ1) is 20.2. The zero-order chi connectivity index (χ0) is 19.1. The van der Waals surface area contributed by atoms with Gasteiger partial charge in [0.15, 0.2) is 0 Å². The molecule has 0 aliphatic rings. The van der Waals surface area contributed by atoms with Crippen molar-refractivity contribution in [3.05, 3.63) is 86.9 Å². The third kappa shape index (κ3) is 5.70. The molecule has 0 spiro atoms. The van der Waals surface area contributed by atoms with Crippen molar-refractivity contribution >= 4 is 27.4 Å². The fourth-order valence-electron chi connectivity index (χ4n) is 2.84. The Morgan fingerprint density at radius 1 is 1.12 bits per heavy atom. The minimum Gasteiger partial charge on any atom is -0.352 e. The average molecular weight is 412 g/mol. The van der Waals surface area contributed by atoms with Crippen LogP contribution in [0.25, 0.3) is 5.57 Å². The van der Waals surface area contributed by atoms with Crippen LogP contribution in [0.2, 0.25) is 0 Å². The molecule has 3 heteroatoms. The Morgan fingerprint density at radius 3 is 2.62 bits per heavy atom. The van der Waals surface area contributed by atoms with Crippen LogP contribution in [0.1, 0.15) is 47.8 Å². The highest BCUT2D eigenvalue weighted by molar-refractivity contribution is 9.10. The van der Waals surface area contributed by atoms with Crippen LogP contribution in [0.3, 0.4) is 0 Å². The summed E-state index contributed by atoms with van der Waals surface area (Å²) in [6, 6.07) is 14.2. The molecule has 1 amide bonds. The highest BCUT2D eigenvalue weighted by Crippen LogP contribution is 2.23. The number of hydrogen-bond donors (Lipinski definition) is 1. The normalized spacial score (nSPS) is 12.2. The van der Waals surface area contributed by atoms with Crippen molar-refractivity contribution in [1.29, 1.82) is 0 Å². The SMILES string of the molecule is CCNC(=O)c1cccc(C/C(C)=C\C=C(/C)c2cc(Br)ccc2C)c1. The van der Waals surface area contributed by atoms with Gasteiger partial charge in [0.2, 0.25) is 0 Å². The molecule has 0 heterocycles. The monoisotopic (exact) mass is 411 g/mol. The van der Waals surface area contributed by atoms with E-state index < -0.39 is 0 Å². The van der Waals surface area contributed by atoms with Crippen LogP contribution < -0.4 is 5.32 Å². The van der Waals surface area contributed by atoms with Gasteiger partial charge in [-0.3, -0.25) is 4.79 Å². The van der Waals surface area contributed by atoms with E-state index >= 15 is 0 Å². The van der Waals surface area contributed by atoms with Crippen LogP contribution in [-0.2, 0) is 6.42 Å². The third-order valence-electron chi connectivity index (χ3n) is 4.25. The first-order valence-corrected chi connectivity index (χ1v) is 9.67. The van der Waals surface area contributed by atoms with Gasteiger partial charge in [-0.05, 0) is 80.6 Å². The third-order valence-corrected chi connectivity index (χ3v) is 4.75. The molecule has 0 radical (unpaired) electrons. The largest absolute Gasteiger partial charge is 0.352 e. The highest BCUT2D eigenvalue weighted by atomic mass is 79.9. The number of amides is 1. The van der Waals surface area contributed by atoms with Crippen LogP contribution in [0.5, 0.6) is 0 Å². The molecule has 136 valence electrons. The molecule has 0 aromatic heterocycles. The lowest BCUT2D eigenvalue weighted by Gasteiger charge is -2.07. The molecule has 2 aromatic carbocycles. The van der Waals surface area contributed by atoms with Crippen LogP contribution in [0, 0.1) is 6.92 Å². The standard InChI is InChI=1S/C23H26BrNO/c1-5-25-23(26)20-8-6-7-19(14-20)13-16(2)9-10-17(3)22-15-21(24)12-11-18(22)4/h6-12,14-15H,5,13H2,1-4H3,(H,25,26)/b16-9-,17-10+. The Hall–Kier alpha value is -2.13. The topological polar surface area (TPSA) is 29.1 Å². The molecule has 0 bridgehead atoms. The first-order chi connectivity index (χ1) is 12.4. The number of hydrogen-bond acceptors (Lipinski definition) is 1. The number of carbonyl (C=O) groups excluding carboxylic acids is 1. The van der Waals surface area contributed by atoms with Gasteiger partial charge >= 0.3 is 0 Å². The molecule has 2 aromatic rings. The molecule has 0 aliphatic heterocycles. The van der Waals surface area contributed by atoms with Crippen molar-refractivity contribution < 1.29 is 4.79 Å². The summed E-state index contributed by atoms with van der Waals surface area (Å²) in [5.41, 5.74) is 6.87. The van der Waals surface area contributed by atoms with Crippen LogP contribution in [0.15, 0.2) is 64.7 Å². The van der Waals surface area contributed by atoms with Crippen LogP contribution >= 0.6 is 15.9 Å². The van der Waals surface area contributed by atoms with E-state index in [1.165, 1.54) is 22.3 Å². The number of nitrogens with one attached hydrogen (secondary N) is 1. The molecule has 0 atom stereocenters. The maximum Gasteiger partial charge on any atom is 0.251 e. The van der Waals surface area contributed by atoms with Crippen molar-refractivity contribution in [3.63, 3.8) is 0 Å². The number of aryl methyl sites for hydroxylation is 1. The second kappa shape index (κ2) is 9.54. The molecule has 2 nitrogen and oxygen atoms in total. The zero-order valence-electron chi connectivity index (χ0n) is 15.9. The maximum atomic E-state index is 12.0. The quantitative estimate of drug-likeness (QED) is 0.571. The van der Waals surface area contributed by atoms with E-state index in [1.54, 1.807) is 0 Å². The van der Waals surface area contributed by atoms with E-state index in [2.05, 4.69) is 78.4 Å². The summed E-state index contributed by atoms with van der Waals surface area (Å²) in [5, 5.41) is 2.84. The lowest BCUT2D eigenvalue weighted by molar-refractivity contribution is 0.0955. The van der Waals surface area contributed by atoms with Crippen LogP contribution in [-0.4, -0.2) is 12.5 Å². The molecule has 0 saturated carbocycles. The number of carbonyl (C=O) groups is 1. The number of halogens is 1. The summed E-state index contributed by atoms with van der Waals surface area (Å²) in [6.45, 7) is 8.95. The van der Waals surface area contributed by atoms with Gasteiger partial charge in [0.05, 0.1) is 0 Å². The van der Waals surface area contributed by atoms with Crippen molar-refractivity contribution in [2.75, 3.05) is 6.54 Å². The Kier molecular flexibility index (Phi) is 7.40. The van der Waals surface area contributed by atoms with E-state index in [0.29, 0.717) is 12.1 Å². The van der Waals surface area contributed by atoms with Crippen molar-refractivity contribution in [1.82, 2.24) is 5.32 Å². The average Bonchev–Trinajstić information content (AvgIpc) is 2.62. The Morgan fingerprint density at radius 2 is 1.88 bits per heavy atom. The van der Waals surface area contributed by atoms with E-state index in [4.69, 9.17) is 0 Å². The lowest BCUT2D eigenvalue weighted by Crippen LogP contribution is -2.22. The molecule has 0 unspecified atom stereocenters. The van der Waals surface area contributed by atoms with Gasteiger partial charge in [0.1, 0.15) is 0 Å². The van der Waals surface area contributed by atoms with Gasteiger partial charge in [-0.2, -0.15) is 0 Å². The molecule has 1 N–H and O–H groups in total. The molecule has 0 aliphatic carbocycles. The van der Waals surface area contributed by atoms with Gasteiger partial charge in [0, 0.05) is 16.6 Å². The number of rotatable bonds is 6. The molecule has 2 rings (SSSR count). The Bertz CT molecular complexity index is 849. The molecule has 0 saturated heterocycles. The molecular weight excluding hydrogens is 386 g/mol. The van der Waals surface area contributed by atoms with Gasteiger partial charge in [-0.15, -0.1) is 0 Å². The van der Waals surface area contributed by atoms with E-state index in [1.807, 2.05) is 25.1 Å². The number of benzene rings is 2. The summed E-state index contributed by atoms with van der Waals surface area (Å²) in [6.07, 6.45) is 5.15. The van der Waals surface area contributed by atoms with E-state index in [-0.39, 0.29) is 5.91 Å². The van der Waals surface area contributed by atoms with Gasteiger partial charge < -0.3 is 5.32 Å². The predicted octanol–water partition coefficient (Wildman–Crippen LogP) is 6.10. The summed E-state index contributed by atoms with van der Waals surface area (Å²) in [5.74, 6) is -0.0168. The number of allylic oxidation sites excluding steroid dienone is 4. The minimum atomic E-state index is -0.0168. The zero-order valence-corrected chi connectivity index (χ0v) is 17.5. The molecule has 0 fully saturated rings. The second-order valence-corrected chi connectivity index (χ2v) is 7.47. The van der Waals surface area contributed by atoms with E-state index in [9.17, 15) is 4.79 Å². The maximum absolute atomic E-state index is 12.0. The highest BCUT2D eigenvalue weighted by Gasteiger charge is 2.05.